The second-order valence-corrected chi connectivity index (χ2v) is 3.57. The third-order valence-corrected chi connectivity index (χ3v) is 2.29. The Labute approximate surface area is 72.3 Å². The molecule has 1 rings (SSSR count). The third kappa shape index (κ3) is 1.93. The first-order valence-electron chi connectivity index (χ1n) is 4.13. The van der Waals surface area contributed by atoms with Crippen molar-refractivity contribution >= 4 is 0 Å². The van der Waals surface area contributed by atoms with Gasteiger partial charge in [0.05, 0.1) is 6.07 Å². The average Bonchev–Trinajstić information content (AvgIpc) is 2.05. The van der Waals surface area contributed by atoms with Gasteiger partial charge < -0.3 is 0 Å². The van der Waals surface area contributed by atoms with Crippen LogP contribution >= 0.6 is 0 Å². The molecule has 0 aliphatic carbocycles. The molecule has 0 aromatic heterocycles. The van der Waals surface area contributed by atoms with E-state index < -0.39 is 5.54 Å². The summed E-state index contributed by atoms with van der Waals surface area (Å²) >= 11 is 0. The number of piperazine rings is 1. The molecule has 0 N–H and O–H groups in total. The smallest absolute Gasteiger partial charge is 0.103 e. The van der Waals surface area contributed by atoms with Crippen LogP contribution in [0.15, 0.2) is 0 Å². The van der Waals surface area contributed by atoms with Gasteiger partial charge in [-0.1, -0.05) is 0 Å². The van der Waals surface area contributed by atoms with E-state index in [1.165, 1.54) is 0 Å². The van der Waals surface area contributed by atoms with E-state index in [4.69, 9.17) is 5.26 Å². The van der Waals surface area contributed by atoms with Gasteiger partial charge in [-0.05, 0) is 13.8 Å². The van der Waals surface area contributed by atoms with Crippen LogP contribution in [0, 0.1) is 11.3 Å². The van der Waals surface area contributed by atoms with Crippen LogP contribution in [0.3, 0.4) is 0 Å². The summed E-state index contributed by atoms with van der Waals surface area (Å²) in [5, 5.41) is 9.61. The number of nitrogens with zero attached hydrogens (tertiary/aromatic N) is 3. The van der Waals surface area contributed by atoms with Gasteiger partial charge in [0.15, 0.2) is 0 Å². The molecule has 0 spiro atoms. The van der Waals surface area contributed by atoms with Crippen molar-refractivity contribution in [3.8, 4) is 6.07 Å². The molecule has 4 heteroatoms. The molecule has 1 heterocycles. The maximum Gasteiger partial charge on any atom is 0.103 e. The molecular formula is C8H14FN3. The molecule has 0 bridgehead atoms. The highest BCUT2D eigenvalue weighted by molar-refractivity contribution is 5.02. The highest BCUT2D eigenvalue weighted by Crippen LogP contribution is 2.15. The fourth-order valence-corrected chi connectivity index (χ4v) is 1.31. The van der Waals surface area contributed by atoms with Crippen LogP contribution in [0.2, 0.25) is 0 Å². The van der Waals surface area contributed by atoms with Crippen molar-refractivity contribution < 1.29 is 4.48 Å². The minimum Gasteiger partial charge on any atom is -0.283 e. The Balaban J connectivity index is 2.51. The van der Waals surface area contributed by atoms with Crippen LogP contribution < -0.4 is 0 Å². The lowest BCUT2D eigenvalue weighted by molar-refractivity contribution is -0.0374. The highest BCUT2D eigenvalue weighted by Gasteiger charge is 2.29. The molecule has 0 atom stereocenters. The first kappa shape index (κ1) is 9.43. The summed E-state index contributed by atoms with van der Waals surface area (Å²) in [5.41, 5.74) is -0.457. The van der Waals surface area contributed by atoms with Crippen LogP contribution in [-0.2, 0) is 0 Å². The van der Waals surface area contributed by atoms with Gasteiger partial charge >= 0.3 is 0 Å². The number of rotatable bonds is 1. The van der Waals surface area contributed by atoms with Crippen molar-refractivity contribution in [2.75, 3.05) is 26.2 Å². The standard InChI is InChI=1S/C8H14FN3/c1-8(2,7-10)11-3-5-12(9)6-4-11/h3-6H2,1-2H3. The molecule has 1 saturated heterocycles. The van der Waals surface area contributed by atoms with Crippen LogP contribution in [0.5, 0.6) is 0 Å². The number of nitriles is 1. The van der Waals surface area contributed by atoms with Crippen LogP contribution in [-0.4, -0.2) is 41.7 Å². The normalized spacial score (nSPS) is 22.2. The Morgan fingerprint density at radius 3 is 2.17 bits per heavy atom. The maximum absolute atomic E-state index is 12.6. The Kier molecular flexibility index (Phi) is 2.65. The van der Waals surface area contributed by atoms with Crippen molar-refractivity contribution in [1.82, 2.24) is 10.0 Å². The summed E-state index contributed by atoms with van der Waals surface area (Å²) in [6, 6.07) is 2.21. The summed E-state index contributed by atoms with van der Waals surface area (Å²) in [7, 11) is 0. The lowest BCUT2D eigenvalue weighted by Gasteiger charge is -2.37. The van der Waals surface area contributed by atoms with Gasteiger partial charge in [0.2, 0.25) is 0 Å². The Morgan fingerprint density at radius 1 is 1.25 bits per heavy atom. The number of halogens is 1. The monoisotopic (exact) mass is 171 g/mol. The molecule has 12 heavy (non-hydrogen) atoms. The van der Waals surface area contributed by atoms with Gasteiger partial charge in [-0.2, -0.15) is 5.26 Å². The first-order valence-corrected chi connectivity index (χ1v) is 4.13. The van der Waals surface area contributed by atoms with Crippen molar-refractivity contribution in [3.05, 3.63) is 0 Å². The molecule has 1 aliphatic heterocycles. The Morgan fingerprint density at radius 2 is 1.75 bits per heavy atom. The van der Waals surface area contributed by atoms with Crippen LogP contribution in [0.1, 0.15) is 13.8 Å². The molecule has 0 aromatic rings. The molecule has 1 aliphatic rings. The summed E-state index contributed by atoms with van der Waals surface area (Å²) in [6.07, 6.45) is 0. The lowest BCUT2D eigenvalue weighted by Crippen LogP contribution is -2.52. The summed E-state index contributed by atoms with van der Waals surface area (Å²) < 4.78 is 12.6. The molecular weight excluding hydrogens is 157 g/mol. The van der Waals surface area contributed by atoms with E-state index in [2.05, 4.69) is 6.07 Å². The van der Waals surface area contributed by atoms with E-state index in [1.54, 1.807) is 0 Å². The zero-order valence-electron chi connectivity index (χ0n) is 7.55. The lowest BCUT2D eigenvalue weighted by atomic mass is 10.0. The Hall–Kier alpha value is -0.660. The number of hydrogen-bond donors (Lipinski definition) is 0. The van der Waals surface area contributed by atoms with Crippen molar-refractivity contribution in [2.24, 2.45) is 0 Å². The van der Waals surface area contributed by atoms with Crippen LogP contribution in [0.25, 0.3) is 0 Å². The zero-order chi connectivity index (χ0) is 9.19. The third-order valence-electron chi connectivity index (χ3n) is 2.29. The number of hydrogen-bond acceptors (Lipinski definition) is 3. The molecule has 0 aromatic carbocycles. The van der Waals surface area contributed by atoms with Gasteiger partial charge in [-0.3, -0.25) is 4.90 Å². The van der Waals surface area contributed by atoms with E-state index in [0.29, 0.717) is 26.2 Å². The van der Waals surface area contributed by atoms with E-state index in [9.17, 15) is 4.48 Å². The largest absolute Gasteiger partial charge is 0.283 e. The first-order chi connectivity index (χ1) is 5.56. The SMILES string of the molecule is CC(C)(C#N)N1CCN(F)CC1. The highest BCUT2D eigenvalue weighted by atomic mass is 19.2. The van der Waals surface area contributed by atoms with Gasteiger partial charge in [0.25, 0.3) is 0 Å². The topological polar surface area (TPSA) is 30.3 Å². The van der Waals surface area contributed by atoms with Gasteiger partial charge in [-0.25, -0.2) is 0 Å². The van der Waals surface area contributed by atoms with Crippen molar-refractivity contribution in [2.45, 2.75) is 19.4 Å². The minimum atomic E-state index is -0.457. The molecule has 68 valence electrons. The van der Waals surface area contributed by atoms with Gasteiger partial charge in [0.1, 0.15) is 5.54 Å². The molecule has 1 fully saturated rings. The minimum absolute atomic E-state index is 0.408. The van der Waals surface area contributed by atoms with E-state index >= 15 is 0 Å². The maximum atomic E-state index is 12.6. The van der Waals surface area contributed by atoms with Crippen molar-refractivity contribution in [1.29, 1.82) is 5.26 Å². The molecule has 0 amide bonds. The molecule has 3 nitrogen and oxygen atoms in total. The second-order valence-electron chi connectivity index (χ2n) is 3.57. The average molecular weight is 171 g/mol. The predicted molar refractivity (Wildman–Crippen MR) is 43.9 cm³/mol. The summed E-state index contributed by atoms with van der Waals surface area (Å²) in [5.74, 6) is 0. The quantitative estimate of drug-likeness (QED) is 0.546. The molecule has 0 unspecified atom stereocenters. The second kappa shape index (κ2) is 3.38. The van der Waals surface area contributed by atoms with Crippen LogP contribution in [0.4, 0.5) is 4.48 Å². The predicted octanol–water partition coefficient (Wildman–Crippen LogP) is 0.791. The molecule has 0 saturated carbocycles. The van der Waals surface area contributed by atoms with Crippen molar-refractivity contribution in [3.63, 3.8) is 0 Å². The van der Waals surface area contributed by atoms with Gasteiger partial charge in [0, 0.05) is 26.2 Å². The van der Waals surface area contributed by atoms with Gasteiger partial charge in [-0.15, -0.1) is 9.60 Å². The zero-order valence-corrected chi connectivity index (χ0v) is 7.55. The Bertz CT molecular complexity index is 189. The van der Waals surface area contributed by atoms with E-state index in [-0.39, 0.29) is 0 Å². The molecule has 0 radical (unpaired) electrons. The summed E-state index contributed by atoms with van der Waals surface area (Å²) in [6.45, 7) is 5.81. The van der Waals surface area contributed by atoms with E-state index in [0.717, 1.165) is 5.12 Å². The van der Waals surface area contributed by atoms with E-state index in [1.807, 2.05) is 18.7 Å². The fourth-order valence-electron chi connectivity index (χ4n) is 1.31. The summed E-state index contributed by atoms with van der Waals surface area (Å²) in [4.78, 5) is 2.00. The fraction of sp³-hybridized carbons (Fsp3) is 0.875.